The summed E-state index contributed by atoms with van der Waals surface area (Å²) in [5, 5.41) is 0. The van der Waals surface area contributed by atoms with Gasteiger partial charge in [-0.2, -0.15) is 0 Å². The molecular formula is H8O6SSb-. The minimum absolute atomic E-state index is 0. The molecule has 8 heteroatoms. The van der Waals surface area contributed by atoms with Crippen LogP contribution in [-0.2, 0) is 19.4 Å². The summed E-state index contributed by atoms with van der Waals surface area (Å²) in [4.78, 5) is 0. The topological polar surface area (TPSA) is 149 Å². The van der Waals surface area contributed by atoms with Crippen molar-refractivity contribution in [2.45, 2.75) is 0 Å². The van der Waals surface area contributed by atoms with E-state index < -0.39 is 11.0 Å². The van der Waals surface area contributed by atoms with Crippen LogP contribution in [0.25, 0.3) is 0 Å². The molecule has 0 rings (SSSR count). The Morgan fingerprint density at radius 2 is 1.00 bits per heavy atom. The van der Waals surface area contributed by atoms with Gasteiger partial charge < -0.3 is 29.4 Å². The zero-order valence-electron chi connectivity index (χ0n) is 3.67. The van der Waals surface area contributed by atoms with Gasteiger partial charge in [0.25, 0.3) is 0 Å². The normalized spacial score (nSPS) is 4.25. The number of hydrogen-bond donors (Lipinski definition) is 1. The molecule has 56 valence electrons. The van der Waals surface area contributed by atoms with E-state index in [1.54, 1.807) is 0 Å². The van der Waals surface area contributed by atoms with Gasteiger partial charge in [-0.05, 0) is 0 Å². The Morgan fingerprint density at radius 3 is 1.00 bits per heavy atom. The molecule has 0 aliphatic carbocycles. The average molecular weight is 258 g/mol. The molecule has 0 saturated heterocycles. The van der Waals surface area contributed by atoms with Crippen molar-refractivity contribution in [1.82, 2.24) is 0 Å². The summed E-state index contributed by atoms with van der Waals surface area (Å²) in [6, 6.07) is 0. The van der Waals surface area contributed by atoms with E-state index in [9.17, 15) is 0 Å². The third-order valence-electron chi connectivity index (χ3n) is 0. The standard InChI is InChI=1S/HO3S.3H2O.Sb.H/c1-4(2)3;;;;;/h(H,1,2,3);3*1H2;;/q-1;;;;;. The Bertz CT molecular complexity index is 56.9. The van der Waals surface area contributed by atoms with Crippen molar-refractivity contribution in [2.75, 3.05) is 0 Å². The van der Waals surface area contributed by atoms with Gasteiger partial charge in [0.05, 0.1) is 0 Å². The summed E-state index contributed by atoms with van der Waals surface area (Å²) >= 11 is 0. The van der Waals surface area contributed by atoms with E-state index in [2.05, 4.69) is 0 Å². The molecular weight excluding hydrogens is 250 g/mol. The molecule has 0 bridgehead atoms. The van der Waals surface area contributed by atoms with Gasteiger partial charge >= 0.3 is 24.4 Å². The second-order valence-electron chi connectivity index (χ2n) is 0.217. The molecule has 0 unspecified atom stereocenters. The predicted octanol–water partition coefficient (Wildman–Crippen LogP) is -3.35. The maximum absolute atomic E-state index is 8.56. The Labute approximate surface area is 65.0 Å². The van der Waals surface area contributed by atoms with Gasteiger partial charge in [-0.25, -0.2) is 0 Å². The molecule has 0 amide bonds. The first-order valence-corrected chi connectivity index (χ1v) is 1.55. The van der Waals surface area contributed by atoms with Crippen molar-refractivity contribution in [3.8, 4) is 0 Å². The van der Waals surface area contributed by atoms with E-state index >= 15 is 0 Å². The molecule has 7 N–H and O–H groups in total. The van der Waals surface area contributed by atoms with Crippen molar-refractivity contribution < 1.29 is 29.4 Å². The SMILES string of the molecule is O.O.O.O=[S-](=O)O.[SbH]. The molecule has 0 atom stereocenters. The molecule has 0 aromatic rings. The molecule has 8 heavy (non-hydrogen) atoms. The number of hydrogen-bond acceptors (Lipinski definition) is 3. The van der Waals surface area contributed by atoms with E-state index in [4.69, 9.17) is 13.0 Å². The fraction of sp³-hybridized carbons (Fsp3) is 0. The molecule has 0 heterocycles. The van der Waals surface area contributed by atoms with Crippen LogP contribution < -0.4 is 0 Å². The van der Waals surface area contributed by atoms with Crippen LogP contribution in [0.1, 0.15) is 0 Å². The van der Waals surface area contributed by atoms with E-state index in [-0.39, 0.29) is 40.9 Å². The second kappa shape index (κ2) is 25.5. The molecule has 0 aromatic heterocycles. The first-order chi connectivity index (χ1) is 1.73. The van der Waals surface area contributed by atoms with Gasteiger partial charge in [-0.3, -0.25) is 0 Å². The molecule has 2 radical (unpaired) electrons. The Morgan fingerprint density at radius 1 is 1.00 bits per heavy atom. The molecule has 0 spiro atoms. The third-order valence-corrected chi connectivity index (χ3v) is 0. The Kier molecular flexibility index (Phi) is 122. The third kappa shape index (κ3) is 562. The zero-order valence-corrected chi connectivity index (χ0v) is 7.34. The van der Waals surface area contributed by atoms with Crippen LogP contribution in [0.3, 0.4) is 0 Å². The summed E-state index contributed by atoms with van der Waals surface area (Å²) in [7, 11) is -2.86. The van der Waals surface area contributed by atoms with E-state index in [0.717, 1.165) is 0 Å². The van der Waals surface area contributed by atoms with Gasteiger partial charge in [-0.15, -0.1) is 0 Å². The summed E-state index contributed by atoms with van der Waals surface area (Å²) in [6.45, 7) is 0. The first kappa shape index (κ1) is 38.3. The van der Waals surface area contributed by atoms with E-state index in [0.29, 0.717) is 0 Å². The average Bonchev–Trinajstić information content (AvgIpc) is 0.811. The fourth-order valence-corrected chi connectivity index (χ4v) is 0. The molecule has 6 nitrogen and oxygen atoms in total. The molecule has 0 aliphatic rings. The van der Waals surface area contributed by atoms with Crippen molar-refractivity contribution in [1.29, 1.82) is 0 Å². The van der Waals surface area contributed by atoms with E-state index in [1.165, 1.54) is 0 Å². The maximum atomic E-state index is 8.56. The van der Waals surface area contributed by atoms with Gasteiger partial charge in [0.2, 0.25) is 0 Å². The van der Waals surface area contributed by atoms with Gasteiger partial charge in [0.15, 0.2) is 0 Å². The quantitative estimate of drug-likeness (QED) is 0.209. The summed E-state index contributed by atoms with van der Waals surface area (Å²) in [5.74, 6) is 0. The van der Waals surface area contributed by atoms with Crippen LogP contribution in [-0.4, -0.2) is 45.4 Å². The van der Waals surface area contributed by atoms with Crippen LogP contribution >= 0.6 is 0 Å². The van der Waals surface area contributed by atoms with Gasteiger partial charge in [-0.1, -0.05) is 0 Å². The van der Waals surface area contributed by atoms with Crippen molar-refractivity contribution in [3.63, 3.8) is 0 Å². The van der Waals surface area contributed by atoms with Crippen molar-refractivity contribution in [3.05, 3.63) is 0 Å². The summed E-state index contributed by atoms with van der Waals surface area (Å²) in [6.07, 6.45) is 0. The van der Waals surface area contributed by atoms with E-state index in [1.807, 2.05) is 0 Å². The number of rotatable bonds is 0. The second-order valence-corrected chi connectivity index (χ2v) is 0.651. The molecule has 0 saturated carbocycles. The Hall–Kier alpha value is 0.608. The van der Waals surface area contributed by atoms with Crippen LogP contribution in [0.15, 0.2) is 0 Å². The molecule has 0 fully saturated rings. The zero-order chi connectivity index (χ0) is 3.58. The fourth-order valence-electron chi connectivity index (χ4n) is 0. The van der Waals surface area contributed by atoms with Crippen molar-refractivity contribution in [2.24, 2.45) is 0 Å². The summed E-state index contributed by atoms with van der Waals surface area (Å²) < 4.78 is 24.1. The van der Waals surface area contributed by atoms with Gasteiger partial charge in [0, 0.05) is 11.0 Å². The molecule has 0 aromatic carbocycles. The minimum atomic E-state index is -2.86. The predicted molar refractivity (Wildman–Crippen MR) is 29.4 cm³/mol. The van der Waals surface area contributed by atoms with Crippen LogP contribution in [0.4, 0.5) is 0 Å². The van der Waals surface area contributed by atoms with Gasteiger partial charge in [0.1, 0.15) is 0 Å². The summed E-state index contributed by atoms with van der Waals surface area (Å²) in [5.41, 5.74) is 0. The van der Waals surface area contributed by atoms with Crippen molar-refractivity contribution >= 4 is 35.4 Å². The first-order valence-electron chi connectivity index (χ1n) is 0.516. The van der Waals surface area contributed by atoms with Crippen LogP contribution in [0, 0.1) is 0 Å². The van der Waals surface area contributed by atoms with Crippen LogP contribution in [0.2, 0.25) is 0 Å². The monoisotopic (exact) mass is 257 g/mol. The molecule has 0 aliphatic heterocycles. The van der Waals surface area contributed by atoms with Crippen LogP contribution in [0.5, 0.6) is 0 Å². The Balaban J connectivity index is -0.00000000750.